The molecule has 114 valence electrons. The summed E-state index contributed by atoms with van der Waals surface area (Å²) < 4.78 is 0. The Morgan fingerprint density at radius 2 is 1.61 bits per heavy atom. The lowest BCUT2D eigenvalue weighted by atomic mass is 9.80. The van der Waals surface area contributed by atoms with Crippen LogP contribution in [0.1, 0.15) is 23.3 Å². The molecule has 2 atom stereocenters. The van der Waals surface area contributed by atoms with Gasteiger partial charge >= 0.3 is 0 Å². The molecule has 23 heavy (non-hydrogen) atoms. The normalized spacial score (nSPS) is 19.2. The molecule has 1 aliphatic carbocycles. The maximum atomic E-state index is 11.7. The van der Waals surface area contributed by atoms with Gasteiger partial charge in [0.15, 0.2) is 0 Å². The van der Waals surface area contributed by atoms with Crippen LogP contribution < -0.4 is 0 Å². The first-order valence-corrected chi connectivity index (χ1v) is 7.25. The second-order valence-corrected chi connectivity index (χ2v) is 5.64. The maximum Gasteiger partial charge on any atom is 0.283 e. The van der Waals surface area contributed by atoms with E-state index in [1.165, 1.54) is 0 Å². The van der Waals surface area contributed by atoms with Crippen LogP contribution >= 0.6 is 0 Å². The van der Waals surface area contributed by atoms with Crippen molar-refractivity contribution in [3.05, 3.63) is 75.8 Å². The zero-order valence-corrected chi connectivity index (χ0v) is 12.0. The number of fused-ring (bicyclic) bond motifs is 4. The lowest BCUT2D eigenvalue weighted by molar-refractivity contribution is -0.384. The Balaban J connectivity index is 2.20. The first-order chi connectivity index (χ1) is 11.1. The highest BCUT2D eigenvalue weighted by Gasteiger charge is 2.37. The van der Waals surface area contributed by atoms with E-state index in [1.54, 1.807) is 24.3 Å². The van der Waals surface area contributed by atoms with Crippen molar-refractivity contribution in [3.63, 3.8) is 0 Å². The van der Waals surface area contributed by atoms with Crippen molar-refractivity contribution in [2.75, 3.05) is 0 Å². The Bertz CT molecular complexity index is 951. The van der Waals surface area contributed by atoms with Crippen LogP contribution in [-0.4, -0.2) is 15.1 Å². The predicted molar refractivity (Wildman–Crippen MR) is 86.0 cm³/mol. The SMILES string of the molecule is O=[N+]([O-])c1c2c(cc3ccccc13)-c1ccccc1[C@H](O)[C@@H]2O. The lowest BCUT2D eigenvalue weighted by Crippen LogP contribution is -2.18. The minimum absolute atomic E-state index is 0.140. The summed E-state index contributed by atoms with van der Waals surface area (Å²) in [5, 5.41) is 33.8. The summed E-state index contributed by atoms with van der Waals surface area (Å²) in [4.78, 5) is 11.2. The van der Waals surface area contributed by atoms with Crippen molar-refractivity contribution < 1.29 is 15.1 Å². The summed E-state index contributed by atoms with van der Waals surface area (Å²) in [5.74, 6) is 0. The van der Waals surface area contributed by atoms with Gasteiger partial charge in [0.25, 0.3) is 5.69 Å². The summed E-state index contributed by atoms with van der Waals surface area (Å²) >= 11 is 0. The van der Waals surface area contributed by atoms with Crippen LogP contribution in [0.5, 0.6) is 0 Å². The fraction of sp³-hybridized carbons (Fsp3) is 0.111. The van der Waals surface area contributed by atoms with E-state index in [4.69, 9.17) is 0 Å². The number of benzene rings is 3. The van der Waals surface area contributed by atoms with E-state index in [9.17, 15) is 20.3 Å². The number of aliphatic hydroxyl groups excluding tert-OH is 2. The lowest BCUT2D eigenvalue weighted by Gasteiger charge is -2.29. The molecule has 0 heterocycles. The third kappa shape index (κ3) is 1.87. The van der Waals surface area contributed by atoms with E-state index in [0.717, 1.165) is 5.39 Å². The molecule has 0 fully saturated rings. The average molecular weight is 307 g/mol. The van der Waals surface area contributed by atoms with Gasteiger partial charge < -0.3 is 10.2 Å². The van der Waals surface area contributed by atoms with Gasteiger partial charge in [0, 0.05) is 0 Å². The molecule has 0 aliphatic heterocycles. The van der Waals surface area contributed by atoms with Crippen LogP contribution in [0.3, 0.4) is 0 Å². The predicted octanol–water partition coefficient (Wildman–Crippen LogP) is 3.50. The Hall–Kier alpha value is -2.76. The van der Waals surface area contributed by atoms with E-state index in [0.29, 0.717) is 22.1 Å². The molecule has 0 bridgehead atoms. The van der Waals surface area contributed by atoms with Gasteiger partial charge in [0.05, 0.1) is 15.9 Å². The summed E-state index contributed by atoms with van der Waals surface area (Å²) in [6, 6.07) is 16.0. The van der Waals surface area contributed by atoms with E-state index in [1.807, 2.05) is 30.3 Å². The number of nitrogens with zero attached hydrogens (tertiary/aromatic N) is 1. The van der Waals surface area contributed by atoms with Gasteiger partial charge in [-0.05, 0) is 34.2 Å². The fourth-order valence-corrected chi connectivity index (χ4v) is 3.39. The quantitative estimate of drug-likeness (QED) is 0.532. The number of nitro benzene ring substituents is 1. The minimum atomic E-state index is -1.33. The zero-order valence-electron chi connectivity index (χ0n) is 12.0. The van der Waals surface area contributed by atoms with Gasteiger partial charge in [-0.2, -0.15) is 0 Å². The first-order valence-electron chi connectivity index (χ1n) is 7.25. The third-order valence-corrected chi connectivity index (χ3v) is 4.41. The largest absolute Gasteiger partial charge is 0.385 e. The van der Waals surface area contributed by atoms with Crippen molar-refractivity contribution in [1.29, 1.82) is 0 Å². The molecule has 1 aliphatic rings. The summed E-state index contributed by atoms with van der Waals surface area (Å²) in [6.07, 6.45) is -2.51. The standard InChI is InChI=1S/C18H13NO4/c20-17-13-8-4-3-7-12(13)14-9-10-5-1-2-6-11(10)16(19(22)23)15(14)18(17)21/h1-9,17-18,20-21H/t17-,18+/m0/s1. The number of aliphatic hydroxyl groups is 2. The minimum Gasteiger partial charge on any atom is -0.385 e. The van der Waals surface area contributed by atoms with Crippen LogP contribution in [0.4, 0.5) is 5.69 Å². The van der Waals surface area contributed by atoms with Gasteiger partial charge in [-0.1, -0.05) is 42.5 Å². The second kappa shape index (κ2) is 4.87. The van der Waals surface area contributed by atoms with Crippen molar-refractivity contribution in [1.82, 2.24) is 0 Å². The molecule has 0 aromatic heterocycles. The van der Waals surface area contributed by atoms with Gasteiger partial charge in [0.1, 0.15) is 12.2 Å². The van der Waals surface area contributed by atoms with Crippen molar-refractivity contribution in [2.24, 2.45) is 0 Å². The molecule has 4 rings (SSSR count). The molecule has 5 nitrogen and oxygen atoms in total. The molecular weight excluding hydrogens is 294 g/mol. The fourth-order valence-electron chi connectivity index (χ4n) is 3.39. The van der Waals surface area contributed by atoms with Gasteiger partial charge in [-0.25, -0.2) is 0 Å². The van der Waals surface area contributed by atoms with Crippen LogP contribution in [-0.2, 0) is 0 Å². The number of rotatable bonds is 1. The van der Waals surface area contributed by atoms with E-state index in [2.05, 4.69) is 0 Å². The topological polar surface area (TPSA) is 83.6 Å². The van der Waals surface area contributed by atoms with Crippen LogP contribution in [0.15, 0.2) is 54.6 Å². The van der Waals surface area contributed by atoms with E-state index in [-0.39, 0.29) is 11.3 Å². The van der Waals surface area contributed by atoms with Crippen molar-refractivity contribution >= 4 is 16.5 Å². The first kappa shape index (κ1) is 13.9. The van der Waals surface area contributed by atoms with E-state index >= 15 is 0 Å². The third-order valence-electron chi connectivity index (χ3n) is 4.41. The molecule has 3 aromatic rings. The smallest absolute Gasteiger partial charge is 0.283 e. The van der Waals surface area contributed by atoms with Crippen molar-refractivity contribution in [2.45, 2.75) is 12.2 Å². The molecule has 0 unspecified atom stereocenters. The number of nitro groups is 1. The summed E-state index contributed by atoms with van der Waals surface area (Å²) in [6.45, 7) is 0. The zero-order chi connectivity index (χ0) is 16.1. The molecule has 0 amide bonds. The Kier molecular flexibility index (Phi) is 2.94. The van der Waals surface area contributed by atoms with E-state index < -0.39 is 17.1 Å². The van der Waals surface area contributed by atoms with Crippen molar-refractivity contribution in [3.8, 4) is 11.1 Å². The van der Waals surface area contributed by atoms with Crippen LogP contribution in [0.25, 0.3) is 21.9 Å². The number of hydrogen-bond acceptors (Lipinski definition) is 4. The van der Waals surface area contributed by atoms with Gasteiger partial charge in [0.2, 0.25) is 0 Å². The highest BCUT2D eigenvalue weighted by molar-refractivity contribution is 5.98. The Morgan fingerprint density at radius 1 is 0.913 bits per heavy atom. The molecule has 2 N–H and O–H groups in total. The molecular formula is C18H13NO4. The molecule has 5 heteroatoms. The Morgan fingerprint density at radius 3 is 2.39 bits per heavy atom. The highest BCUT2D eigenvalue weighted by atomic mass is 16.6. The maximum absolute atomic E-state index is 11.7. The highest BCUT2D eigenvalue weighted by Crippen LogP contribution is 2.50. The molecule has 0 radical (unpaired) electrons. The Labute approximate surface area is 131 Å². The summed E-state index contributed by atoms with van der Waals surface area (Å²) in [7, 11) is 0. The molecule has 0 spiro atoms. The average Bonchev–Trinajstić information content (AvgIpc) is 2.57. The number of hydrogen-bond donors (Lipinski definition) is 2. The van der Waals surface area contributed by atoms with Gasteiger partial charge in [-0.15, -0.1) is 0 Å². The second-order valence-electron chi connectivity index (χ2n) is 5.64. The van der Waals surface area contributed by atoms with Crippen LogP contribution in [0, 0.1) is 10.1 Å². The molecule has 3 aromatic carbocycles. The van der Waals surface area contributed by atoms with Gasteiger partial charge in [-0.3, -0.25) is 10.1 Å². The molecule has 0 saturated heterocycles. The summed E-state index contributed by atoms with van der Waals surface area (Å²) in [5.41, 5.74) is 1.94. The monoisotopic (exact) mass is 307 g/mol. The molecule has 0 saturated carbocycles. The van der Waals surface area contributed by atoms with Crippen LogP contribution in [0.2, 0.25) is 0 Å².